The molecule has 0 aliphatic heterocycles. The van der Waals surface area contributed by atoms with Gasteiger partial charge in [-0.15, -0.1) is 11.3 Å². The van der Waals surface area contributed by atoms with Crippen molar-refractivity contribution in [3.05, 3.63) is 30.0 Å². The van der Waals surface area contributed by atoms with Gasteiger partial charge in [-0.2, -0.15) is 5.10 Å². The Kier molecular flexibility index (Phi) is 3.92. The van der Waals surface area contributed by atoms with Crippen LogP contribution in [-0.2, 0) is 7.05 Å². The molecular formula is C14H16N6S. The largest absolute Gasteiger partial charge is 0.370 e. The molecule has 0 aromatic carbocycles. The van der Waals surface area contributed by atoms with Crippen LogP contribution in [0, 0.1) is 0 Å². The van der Waals surface area contributed by atoms with Gasteiger partial charge in [-0.1, -0.05) is 6.92 Å². The summed E-state index contributed by atoms with van der Waals surface area (Å²) in [5.74, 6) is 1.46. The molecule has 0 saturated heterocycles. The maximum Gasteiger partial charge on any atom is 0.191 e. The van der Waals surface area contributed by atoms with Crippen molar-refractivity contribution in [1.82, 2.24) is 24.7 Å². The van der Waals surface area contributed by atoms with Crippen molar-refractivity contribution in [2.24, 2.45) is 7.05 Å². The molecule has 7 heteroatoms. The molecular weight excluding hydrogens is 284 g/mol. The highest BCUT2D eigenvalue weighted by Gasteiger charge is 2.11. The minimum absolute atomic E-state index is 0.643. The van der Waals surface area contributed by atoms with Gasteiger partial charge in [-0.25, -0.2) is 15.0 Å². The third kappa shape index (κ3) is 3.08. The van der Waals surface area contributed by atoms with Gasteiger partial charge in [0.05, 0.1) is 11.9 Å². The minimum atomic E-state index is 0.643. The standard InChI is InChI=1S/C14H16N6S/c1-3-4-15-12-7-11(10-8-17-20(2)9-10)18-13(19-12)14-16-5-6-21-14/h5-9H,3-4H2,1-2H3,(H,15,18,19). The number of hydrogen-bond acceptors (Lipinski definition) is 6. The summed E-state index contributed by atoms with van der Waals surface area (Å²) in [5.41, 5.74) is 1.82. The maximum absolute atomic E-state index is 4.61. The lowest BCUT2D eigenvalue weighted by atomic mass is 10.2. The summed E-state index contributed by atoms with van der Waals surface area (Å²) in [5, 5.41) is 10.3. The van der Waals surface area contributed by atoms with Crippen molar-refractivity contribution in [3.63, 3.8) is 0 Å². The van der Waals surface area contributed by atoms with E-state index in [1.807, 2.05) is 24.7 Å². The average molecular weight is 300 g/mol. The zero-order valence-corrected chi connectivity index (χ0v) is 12.8. The van der Waals surface area contributed by atoms with Crippen LogP contribution in [0.4, 0.5) is 5.82 Å². The first kappa shape index (κ1) is 13.7. The third-order valence-electron chi connectivity index (χ3n) is 2.91. The minimum Gasteiger partial charge on any atom is -0.370 e. The first-order chi connectivity index (χ1) is 10.3. The second kappa shape index (κ2) is 6.01. The van der Waals surface area contributed by atoms with Gasteiger partial charge in [0.25, 0.3) is 0 Å². The topological polar surface area (TPSA) is 68.5 Å². The van der Waals surface area contributed by atoms with Crippen LogP contribution in [0.15, 0.2) is 30.0 Å². The fourth-order valence-corrected chi connectivity index (χ4v) is 2.49. The summed E-state index contributed by atoms with van der Waals surface area (Å²) in [4.78, 5) is 13.4. The van der Waals surface area contributed by atoms with E-state index in [1.165, 1.54) is 11.3 Å². The van der Waals surface area contributed by atoms with Crippen molar-refractivity contribution in [2.75, 3.05) is 11.9 Å². The van der Waals surface area contributed by atoms with E-state index in [0.717, 1.165) is 35.0 Å². The lowest BCUT2D eigenvalue weighted by Gasteiger charge is -2.07. The first-order valence-corrected chi connectivity index (χ1v) is 7.66. The van der Waals surface area contributed by atoms with E-state index in [9.17, 15) is 0 Å². The molecule has 21 heavy (non-hydrogen) atoms. The predicted molar refractivity (Wildman–Crippen MR) is 84.1 cm³/mol. The highest BCUT2D eigenvalue weighted by molar-refractivity contribution is 7.13. The molecule has 1 N–H and O–H groups in total. The molecule has 0 atom stereocenters. The van der Waals surface area contributed by atoms with Gasteiger partial charge in [0, 0.05) is 43.0 Å². The zero-order chi connectivity index (χ0) is 14.7. The van der Waals surface area contributed by atoms with Crippen LogP contribution in [-0.4, -0.2) is 31.3 Å². The van der Waals surface area contributed by atoms with Crippen molar-refractivity contribution >= 4 is 17.2 Å². The molecule has 0 aliphatic carbocycles. The van der Waals surface area contributed by atoms with Crippen LogP contribution >= 0.6 is 11.3 Å². The van der Waals surface area contributed by atoms with E-state index in [0.29, 0.717) is 5.82 Å². The number of thiazole rings is 1. The number of aromatic nitrogens is 5. The normalized spacial score (nSPS) is 10.8. The Hall–Kier alpha value is -2.28. The molecule has 0 spiro atoms. The fraction of sp³-hybridized carbons (Fsp3) is 0.286. The molecule has 3 rings (SSSR count). The smallest absolute Gasteiger partial charge is 0.191 e. The molecule has 0 saturated carbocycles. The number of nitrogens with one attached hydrogen (secondary N) is 1. The Morgan fingerprint density at radius 1 is 1.33 bits per heavy atom. The van der Waals surface area contributed by atoms with Gasteiger partial charge < -0.3 is 5.32 Å². The van der Waals surface area contributed by atoms with Gasteiger partial charge in [0.2, 0.25) is 0 Å². The number of anilines is 1. The van der Waals surface area contributed by atoms with Crippen molar-refractivity contribution in [2.45, 2.75) is 13.3 Å². The highest BCUT2D eigenvalue weighted by atomic mass is 32.1. The molecule has 0 fully saturated rings. The van der Waals surface area contributed by atoms with Crippen LogP contribution in [0.1, 0.15) is 13.3 Å². The SMILES string of the molecule is CCCNc1cc(-c2cnn(C)c2)nc(-c2nccs2)n1. The van der Waals surface area contributed by atoms with E-state index >= 15 is 0 Å². The summed E-state index contributed by atoms with van der Waals surface area (Å²) in [6.07, 6.45) is 6.55. The summed E-state index contributed by atoms with van der Waals surface area (Å²) in [6.45, 7) is 3.00. The van der Waals surface area contributed by atoms with Crippen LogP contribution in [0.5, 0.6) is 0 Å². The van der Waals surface area contributed by atoms with Gasteiger partial charge in [0.1, 0.15) is 5.82 Å². The second-order valence-electron chi connectivity index (χ2n) is 4.63. The molecule has 0 unspecified atom stereocenters. The molecule has 0 bridgehead atoms. The molecule has 3 aromatic heterocycles. The van der Waals surface area contributed by atoms with Gasteiger partial charge in [-0.3, -0.25) is 4.68 Å². The Morgan fingerprint density at radius 2 is 2.24 bits per heavy atom. The zero-order valence-electron chi connectivity index (χ0n) is 11.9. The van der Waals surface area contributed by atoms with Gasteiger partial charge in [0.15, 0.2) is 10.8 Å². The van der Waals surface area contributed by atoms with E-state index < -0.39 is 0 Å². The fourth-order valence-electron chi connectivity index (χ4n) is 1.92. The highest BCUT2D eigenvalue weighted by Crippen LogP contribution is 2.25. The Bertz CT molecular complexity index is 719. The van der Waals surface area contributed by atoms with Crippen LogP contribution < -0.4 is 5.32 Å². The molecule has 3 aromatic rings. The van der Waals surface area contributed by atoms with Crippen molar-refractivity contribution in [3.8, 4) is 22.1 Å². The summed E-state index contributed by atoms with van der Waals surface area (Å²) < 4.78 is 1.76. The van der Waals surface area contributed by atoms with Crippen LogP contribution in [0.3, 0.4) is 0 Å². The van der Waals surface area contributed by atoms with Crippen molar-refractivity contribution in [1.29, 1.82) is 0 Å². The summed E-state index contributed by atoms with van der Waals surface area (Å²) in [7, 11) is 1.89. The Balaban J connectivity index is 2.04. The monoisotopic (exact) mass is 300 g/mol. The van der Waals surface area contributed by atoms with Gasteiger partial charge >= 0.3 is 0 Å². The summed E-state index contributed by atoms with van der Waals surface area (Å²) >= 11 is 1.53. The van der Waals surface area contributed by atoms with E-state index in [4.69, 9.17) is 0 Å². The number of aryl methyl sites for hydroxylation is 1. The van der Waals surface area contributed by atoms with E-state index in [2.05, 4.69) is 32.3 Å². The van der Waals surface area contributed by atoms with Gasteiger partial charge in [-0.05, 0) is 6.42 Å². The maximum atomic E-state index is 4.61. The molecule has 3 heterocycles. The molecule has 108 valence electrons. The molecule has 0 aliphatic rings. The Labute approximate surface area is 126 Å². The lowest BCUT2D eigenvalue weighted by molar-refractivity contribution is 0.768. The average Bonchev–Trinajstić information content (AvgIpc) is 3.16. The molecule has 0 amide bonds. The van der Waals surface area contributed by atoms with E-state index in [-0.39, 0.29) is 0 Å². The first-order valence-electron chi connectivity index (χ1n) is 6.78. The molecule has 6 nitrogen and oxygen atoms in total. The lowest BCUT2D eigenvalue weighted by Crippen LogP contribution is -2.04. The number of nitrogens with zero attached hydrogens (tertiary/aromatic N) is 5. The molecule has 0 radical (unpaired) electrons. The van der Waals surface area contributed by atoms with Crippen LogP contribution in [0.25, 0.3) is 22.1 Å². The summed E-state index contributed by atoms with van der Waals surface area (Å²) in [6, 6.07) is 1.95. The number of hydrogen-bond donors (Lipinski definition) is 1. The predicted octanol–water partition coefficient (Wildman–Crippen LogP) is 2.82. The Morgan fingerprint density at radius 3 is 2.90 bits per heavy atom. The van der Waals surface area contributed by atoms with Crippen molar-refractivity contribution < 1.29 is 0 Å². The van der Waals surface area contributed by atoms with Crippen LogP contribution in [0.2, 0.25) is 0 Å². The second-order valence-corrected chi connectivity index (χ2v) is 5.52. The number of rotatable bonds is 5. The quantitative estimate of drug-likeness (QED) is 0.784. The van der Waals surface area contributed by atoms with E-state index in [1.54, 1.807) is 17.1 Å². The third-order valence-corrected chi connectivity index (χ3v) is 3.68.